The molecule has 2 aliphatic carbocycles. The third-order valence-corrected chi connectivity index (χ3v) is 8.30. The maximum atomic E-state index is 13.6. The van der Waals surface area contributed by atoms with Gasteiger partial charge in [-0.2, -0.15) is 0 Å². The summed E-state index contributed by atoms with van der Waals surface area (Å²) in [6.07, 6.45) is 6.58. The van der Waals surface area contributed by atoms with Gasteiger partial charge < -0.3 is 10.4 Å². The Bertz CT molecular complexity index is 783. The minimum Gasteiger partial charge on any atom is -0.390 e. The van der Waals surface area contributed by atoms with Gasteiger partial charge in [-0.05, 0) is 106 Å². The van der Waals surface area contributed by atoms with Gasteiger partial charge in [-0.1, -0.05) is 26.7 Å². The lowest BCUT2D eigenvalue weighted by molar-refractivity contribution is -0.129. The van der Waals surface area contributed by atoms with Crippen LogP contribution in [0.2, 0.25) is 0 Å². The Morgan fingerprint density at radius 2 is 2.03 bits per heavy atom. The molecule has 1 aromatic rings. The molecule has 5 unspecified atom stereocenters. The van der Waals surface area contributed by atoms with E-state index in [0.717, 1.165) is 55.4 Å². The molecule has 2 saturated carbocycles. The number of benzene rings is 1. The van der Waals surface area contributed by atoms with Gasteiger partial charge in [0.1, 0.15) is 11.4 Å². The summed E-state index contributed by atoms with van der Waals surface area (Å²) < 4.78 is 17.0. The normalized spacial score (nSPS) is 30.8. The van der Waals surface area contributed by atoms with Crippen LogP contribution in [-0.2, 0) is 11.2 Å². The Labute approximate surface area is 191 Å². The molecule has 2 bridgehead atoms. The highest BCUT2D eigenvalue weighted by molar-refractivity contribution is 7.97. The Kier molecular flexibility index (Phi) is 7.75. The Morgan fingerprint density at radius 3 is 2.71 bits per heavy atom. The quantitative estimate of drug-likeness (QED) is 0.474. The van der Waals surface area contributed by atoms with Crippen LogP contribution >= 0.6 is 11.9 Å². The number of hydrogen-bond donors (Lipinski definition) is 3. The van der Waals surface area contributed by atoms with Gasteiger partial charge in [0.05, 0.1) is 5.60 Å². The third kappa shape index (κ3) is 6.02. The van der Waals surface area contributed by atoms with Gasteiger partial charge in [-0.3, -0.25) is 4.79 Å². The van der Waals surface area contributed by atoms with E-state index in [2.05, 4.69) is 23.9 Å². The minimum atomic E-state index is -0.783. The molecule has 2 aliphatic rings. The summed E-state index contributed by atoms with van der Waals surface area (Å²) >= 11 is 1.40. The maximum absolute atomic E-state index is 13.6. The average molecular weight is 451 g/mol. The molecular formula is C25H39FN2O2S. The zero-order valence-corrected chi connectivity index (χ0v) is 20.4. The van der Waals surface area contributed by atoms with E-state index in [1.165, 1.54) is 18.0 Å². The zero-order chi connectivity index (χ0) is 22.8. The zero-order valence-electron chi connectivity index (χ0n) is 19.6. The van der Waals surface area contributed by atoms with Crippen LogP contribution < -0.4 is 10.0 Å². The van der Waals surface area contributed by atoms with Gasteiger partial charge in [-0.15, -0.1) is 0 Å². The number of nitrogens with one attached hydrogen (secondary N) is 2. The van der Waals surface area contributed by atoms with E-state index in [-0.39, 0.29) is 17.8 Å². The van der Waals surface area contributed by atoms with Gasteiger partial charge in [0, 0.05) is 10.9 Å². The second kappa shape index (κ2) is 9.80. The number of amides is 1. The van der Waals surface area contributed by atoms with Crippen LogP contribution in [0.3, 0.4) is 0 Å². The molecule has 0 aromatic heterocycles. The molecule has 3 N–H and O–H groups in total. The van der Waals surface area contributed by atoms with Gasteiger partial charge in [0.15, 0.2) is 0 Å². The lowest BCUT2D eigenvalue weighted by Crippen LogP contribution is -2.59. The van der Waals surface area contributed by atoms with Crippen molar-refractivity contribution in [3.8, 4) is 0 Å². The summed E-state index contributed by atoms with van der Waals surface area (Å²) in [4.78, 5) is 14.3. The second-order valence-electron chi connectivity index (χ2n) is 10.5. The summed E-state index contributed by atoms with van der Waals surface area (Å²) in [6, 6.07) is 4.94. The van der Waals surface area contributed by atoms with Gasteiger partial charge in [0.2, 0.25) is 5.91 Å². The number of carbonyl (C=O) groups is 1. The van der Waals surface area contributed by atoms with Gasteiger partial charge in [0.25, 0.3) is 0 Å². The molecule has 0 saturated heterocycles. The predicted octanol–water partition coefficient (Wildman–Crippen LogP) is 5.24. The molecule has 1 amide bonds. The monoisotopic (exact) mass is 450 g/mol. The Morgan fingerprint density at radius 1 is 1.29 bits per heavy atom. The highest BCUT2D eigenvalue weighted by Gasteiger charge is 2.47. The van der Waals surface area contributed by atoms with Gasteiger partial charge in [-0.25, -0.2) is 9.11 Å². The summed E-state index contributed by atoms with van der Waals surface area (Å²) in [6.45, 7) is 10.00. The predicted molar refractivity (Wildman–Crippen MR) is 125 cm³/mol. The summed E-state index contributed by atoms with van der Waals surface area (Å²) in [5.41, 5.74) is -0.448. The molecule has 0 radical (unpaired) electrons. The number of hydrogen-bond acceptors (Lipinski definition) is 4. The summed E-state index contributed by atoms with van der Waals surface area (Å²) in [5.74, 6) is 1.10. The largest absolute Gasteiger partial charge is 0.390 e. The van der Waals surface area contributed by atoms with Crippen LogP contribution in [-0.4, -0.2) is 28.2 Å². The van der Waals surface area contributed by atoms with Crippen molar-refractivity contribution in [2.45, 2.75) is 102 Å². The van der Waals surface area contributed by atoms with Crippen LogP contribution in [0.25, 0.3) is 0 Å². The molecule has 0 aliphatic heterocycles. The first-order valence-corrected chi connectivity index (χ1v) is 12.6. The maximum Gasteiger partial charge on any atom is 0.240 e. The Hall–Kier alpha value is -1.11. The lowest BCUT2D eigenvalue weighted by Gasteiger charge is -2.50. The van der Waals surface area contributed by atoms with E-state index in [1.807, 2.05) is 20.8 Å². The molecule has 3 rings (SSSR count). The molecule has 174 valence electrons. The van der Waals surface area contributed by atoms with Crippen LogP contribution in [0.15, 0.2) is 23.1 Å². The molecule has 31 heavy (non-hydrogen) atoms. The second-order valence-corrected chi connectivity index (χ2v) is 11.3. The number of fused-ring (bicyclic) bond motifs is 2. The SMILES string of the molecule is CCCc1cc(F)ccc1SNC(C)(C)C(=O)NC1C(CC)CC2CC1CC(C)(O)C2. The van der Waals surface area contributed by atoms with E-state index in [0.29, 0.717) is 17.8 Å². The molecule has 5 atom stereocenters. The molecule has 0 heterocycles. The number of halogens is 1. The summed E-state index contributed by atoms with van der Waals surface area (Å²) in [5, 5.41) is 14.0. The van der Waals surface area contributed by atoms with Crippen molar-refractivity contribution in [3.63, 3.8) is 0 Å². The topological polar surface area (TPSA) is 61.4 Å². The van der Waals surface area contributed by atoms with Crippen molar-refractivity contribution in [2.75, 3.05) is 0 Å². The molecule has 2 fully saturated rings. The molecule has 1 aromatic carbocycles. The molecular weight excluding hydrogens is 411 g/mol. The van der Waals surface area contributed by atoms with E-state index in [1.54, 1.807) is 12.1 Å². The first-order chi connectivity index (χ1) is 14.5. The number of carbonyl (C=O) groups excluding carboxylic acids is 1. The van der Waals surface area contributed by atoms with Crippen molar-refractivity contribution < 1.29 is 14.3 Å². The van der Waals surface area contributed by atoms with Crippen LogP contribution in [0.5, 0.6) is 0 Å². The lowest BCUT2D eigenvalue weighted by atomic mass is 9.60. The smallest absolute Gasteiger partial charge is 0.240 e. The molecule has 0 spiro atoms. The Balaban J connectivity index is 1.67. The van der Waals surface area contributed by atoms with Crippen molar-refractivity contribution in [2.24, 2.45) is 17.8 Å². The first kappa shape index (κ1) is 24.5. The van der Waals surface area contributed by atoms with E-state index in [9.17, 15) is 14.3 Å². The number of rotatable bonds is 8. The van der Waals surface area contributed by atoms with E-state index >= 15 is 0 Å². The van der Waals surface area contributed by atoms with Crippen molar-refractivity contribution in [3.05, 3.63) is 29.6 Å². The molecule has 4 nitrogen and oxygen atoms in total. The average Bonchev–Trinajstić information content (AvgIpc) is 2.68. The van der Waals surface area contributed by atoms with Crippen LogP contribution in [0.1, 0.15) is 78.7 Å². The highest BCUT2D eigenvalue weighted by Crippen LogP contribution is 2.47. The van der Waals surface area contributed by atoms with Crippen molar-refractivity contribution >= 4 is 17.9 Å². The van der Waals surface area contributed by atoms with Gasteiger partial charge >= 0.3 is 0 Å². The fourth-order valence-corrected chi connectivity index (χ4v) is 6.49. The fraction of sp³-hybridized carbons (Fsp3) is 0.720. The molecule has 6 heteroatoms. The fourth-order valence-electron chi connectivity index (χ4n) is 5.61. The minimum absolute atomic E-state index is 0.0220. The first-order valence-electron chi connectivity index (χ1n) is 11.8. The van der Waals surface area contributed by atoms with Crippen LogP contribution in [0, 0.1) is 23.6 Å². The number of aliphatic hydroxyl groups is 1. The van der Waals surface area contributed by atoms with Crippen molar-refractivity contribution in [1.82, 2.24) is 10.0 Å². The summed E-state index contributed by atoms with van der Waals surface area (Å²) in [7, 11) is 0. The van der Waals surface area contributed by atoms with E-state index in [4.69, 9.17) is 0 Å². The van der Waals surface area contributed by atoms with Crippen molar-refractivity contribution in [1.29, 1.82) is 0 Å². The third-order valence-electron chi connectivity index (χ3n) is 7.07. The highest BCUT2D eigenvalue weighted by atomic mass is 32.2. The van der Waals surface area contributed by atoms with E-state index < -0.39 is 11.1 Å². The standard InChI is InChI=1S/C25H39FN2O2S/c1-6-8-18-13-20(26)9-10-21(18)31-28-24(3,4)23(29)27-22-17(7-2)11-16-12-19(22)15-25(5,30)14-16/h9-10,13,16-17,19,22,28,30H,6-8,11-12,14-15H2,1-5H3,(H,27,29). The van der Waals surface area contributed by atoms with Crippen LogP contribution in [0.4, 0.5) is 4.39 Å². The number of aryl methyl sites for hydroxylation is 1.